The molecule has 3 heterocycles. The second-order valence-corrected chi connectivity index (χ2v) is 14.6. The Hall–Kier alpha value is -7.24. The highest BCUT2D eigenvalue weighted by Crippen LogP contribution is 2.60. The van der Waals surface area contributed by atoms with Crippen molar-refractivity contribution < 1.29 is 0 Å². The summed E-state index contributed by atoms with van der Waals surface area (Å²) in [6.45, 7) is 0. The van der Waals surface area contributed by atoms with Gasteiger partial charge in [0.2, 0.25) is 0 Å². The molecule has 2 atom stereocenters. The lowest BCUT2D eigenvalue weighted by Crippen LogP contribution is -2.35. The van der Waals surface area contributed by atoms with Crippen LogP contribution in [0.4, 0.5) is 0 Å². The Kier molecular flexibility index (Phi) is 7.46. The Balaban J connectivity index is 1.17. The van der Waals surface area contributed by atoms with Gasteiger partial charge in [-0.2, -0.15) is 0 Å². The Morgan fingerprint density at radius 3 is 1.93 bits per heavy atom. The number of benzene rings is 6. The largest absolute Gasteiger partial charge is 0.309 e. The molecule has 0 bridgehead atoms. The molecule has 0 amide bonds. The van der Waals surface area contributed by atoms with Crippen molar-refractivity contribution >= 4 is 21.8 Å². The molecule has 6 aromatic carbocycles. The number of pyridine rings is 1. The van der Waals surface area contributed by atoms with Crippen LogP contribution in [0, 0.1) is 5.92 Å². The fourth-order valence-corrected chi connectivity index (χ4v) is 9.31. The zero-order valence-electron chi connectivity index (χ0n) is 30.5. The highest BCUT2D eigenvalue weighted by atomic mass is 15.0. The van der Waals surface area contributed by atoms with Gasteiger partial charge in [-0.05, 0) is 76.6 Å². The van der Waals surface area contributed by atoms with Crippen LogP contribution in [-0.4, -0.2) is 24.5 Å². The molecule has 0 radical (unpaired) electrons. The minimum absolute atomic E-state index is 0.204. The van der Waals surface area contributed by atoms with Crippen molar-refractivity contribution in [1.29, 1.82) is 0 Å². The van der Waals surface area contributed by atoms with E-state index in [1.807, 2.05) is 73.1 Å². The lowest BCUT2D eigenvalue weighted by molar-refractivity contribution is 0.460. The zero-order valence-corrected chi connectivity index (χ0v) is 30.5. The lowest BCUT2D eigenvalue weighted by atomic mass is 9.62. The summed E-state index contributed by atoms with van der Waals surface area (Å²) in [6, 6.07) is 55.9. The van der Waals surface area contributed by atoms with Gasteiger partial charge in [0.15, 0.2) is 17.5 Å². The maximum atomic E-state index is 5.07. The Morgan fingerprint density at radius 1 is 0.536 bits per heavy atom. The molecule has 9 aromatic rings. The molecule has 0 fully saturated rings. The summed E-state index contributed by atoms with van der Waals surface area (Å²) in [4.78, 5) is 19.6. The molecule has 11 rings (SSSR count). The van der Waals surface area contributed by atoms with Crippen LogP contribution in [0.15, 0.2) is 194 Å². The first kappa shape index (κ1) is 32.2. The van der Waals surface area contributed by atoms with Crippen molar-refractivity contribution in [3.63, 3.8) is 0 Å². The molecule has 5 nitrogen and oxygen atoms in total. The molecular weight excluding hydrogens is 683 g/mol. The van der Waals surface area contributed by atoms with Gasteiger partial charge in [-0.1, -0.05) is 146 Å². The SMILES string of the molecule is C1=CCC(C2(c3ccncc3)c3ccccc3-c3ccc4c(c32)c2ccccc2n4-c2cccc(-c3nc(-c4ccccc4)nc(-c4ccccc4)n3)c2)C=C1. The van der Waals surface area contributed by atoms with Crippen LogP contribution in [-0.2, 0) is 5.41 Å². The molecule has 0 aliphatic heterocycles. The molecule has 56 heavy (non-hydrogen) atoms. The maximum absolute atomic E-state index is 5.07. The number of rotatable bonds is 6. The van der Waals surface area contributed by atoms with Gasteiger partial charge in [0.1, 0.15) is 0 Å². The second kappa shape index (κ2) is 13.0. The van der Waals surface area contributed by atoms with Crippen molar-refractivity contribution in [2.24, 2.45) is 5.92 Å². The number of hydrogen-bond donors (Lipinski definition) is 0. The topological polar surface area (TPSA) is 56.5 Å². The Bertz CT molecular complexity index is 2940. The second-order valence-electron chi connectivity index (χ2n) is 14.6. The highest BCUT2D eigenvalue weighted by molar-refractivity contribution is 6.15. The lowest BCUT2D eigenvalue weighted by Gasteiger charge is -2.40. The van der Waals surface area contributed by atoms with Crippen LogP contribution in [0.25, 0.3) is 72.8 Å². The van der Waals surface area contributed by atoms with E-state index in [2.05, 4.69) is 131 Å². The summed E-state index contributed by atoms with van der Waals surface area (Å²) in [6.07, 6.45) is 14.0. The number of allylic oxidation sites excluding steroid dienone is 4. The van der Waals surface area contributed by atoms with Crippen molar-refractivity contribution in [2.45, 2.75) is 11.8 Å². The zero-order chi connectivity index (χ0) is 37.1. The van der Waals surface area contributed by atoms with E-state index < -0.39 is 5.41 Å². The van der Waals surface area contributed by atoms with Gasteiger partial charge >= 0.3 is 0 Å². The van der Waals surface area contributed by atoms with Crippen LogP contribution in [0.5, 0.6) is 0 Å². The van der Waals surface area contributed by atoms with Crippen molar-refractivity contribution in [3.8, 4) is 51.0 Å². The molecule has 0 N–H and O–H groups in total. The fraction of sp³-hybridized carbons (Fsp3) is 0.0588. The number of hydrogen-bond acceptors (Lipinski definition) is 4. The van der Waals surface area contributed by atoms with Gasteiger partial charge in [-0.15, -0.1) is 0 Å². The third-order valence-corrected chi connectivity index (χ3v) is 11.6. The summed E-state index contributed by atoms with van der Waals surface area (Å²) in [5.74, 6) is 2.12. The van der Waals surface area contributed by atoms with Gasteiger partial charge in [0, 0.05) is 45.5 Å². The monoisotopic (exact) mass is 717 g/mol. The summed E-state index contributed by atoms with van der Waals surface area (Å²) < 4.78 is 2.42. The molecule has 0 saturated heterocycles. The molecule has 0 saturated carbocycles. The Morgan fingerprint density at radius 2 is 1.20 bits per heavy atom. The first-order valence-corrected chi connectivity index (χ1v) is 19.2. The summed E-state index contributed by atoms with van der Waals surface area (Å²) in [7, 11) is 0. The number of aromatic nitrogens is 5. The van der Waals surface area contributed by atoms with Gasteiger partial charge in [-0.25, -0.2) is 15.0 Å². The van der Waals surface area contributed by atoms with Crippen molar-refractivity contribution in [1.82, 2.24) is 24.5 Å². The summed E-state index contributed by atoms with van der Waals surface area (Å²) >= 11 is 0. The number of fused-ring (bicyclic) bond motifs is 7. The molecule has 3 aromatic heterocycles. The predicted molar refractivity (Wildman–Crippen MR) is 226 cm³/mol. The van der Waals surface area contributed by atoms with Crippen molar-refractivity contribution in [2.75, 3.05) is 0 Å². The van der Waals surface area contributed by atoms with E-state index in [9.17, 15) is 0 Å². The molecule has 5 heteroatoms. The first-order chi connectivity index (χ1) is 27.8. The van der Waals surface area contributed by atoms with Crippen molar-refractivity contribution in [3.05, 3.63) is 211 Å². The molecule has 264 valence electrons. The van der Waals surface area contributed by atoms with Crippen LogP contribution < -0.4 is 0 Å². The van der Waals surface area contributed by atoms with E-state index in [0.717, 1.165) is 39.8 Å². The number of para-hydroxylation sites is 1. The molecule has 2 unspecified atom stereocenters. The standard InChI is InChI=1S/C51H35N5/c1-4-15-34(16-5-1)48-53-49(35-17-6-2-7-18-35)55-50(54-48)36-19-14-22-39(33-36)56-44-26-13-11-24-42(44)46-45(56)28-27-41-40-23-10-12-25-43(40)51(47(41)46,37-20-8-3-9-21-37)38-29-31-52-32-30-38/h1-20,22-33,37H,21H2. The summed E-state index contributed by atoms with van der Waals surface area (Å²) in [5.41, 5.74) is 12.3. The minimum atomic E-state index is -0.432. The van der Waals surface area contributed by atoms with Gasteiger partial charge in [-0.3, -0.25) is 4.98 Å². The molecule has 2 aliphatic carbocycles. The molecule has 0 spiro atoms. The Labute approximate surface area is 325 Å². The van der Waals surface area contributed by atoms with Crippen LogP contribution in [0.1, 0.15) is 23.1 Å². The highest BCUT2D eigenvalue weighted by Gasteiger charge is 2.50. The fourth-order valence-electron chi connectivity index (χ4n) is 9.31. The normalized spacial score (nSPS) is 17.0. The van der Waals surface area contributed by atoms with E-state index in [1.165, 1.54) is 38.6 Å². The van der Waals surface area contributed by atoms with E-state index in [0.29, 0.717) is 17.5 Å². The van der Waals surface area contributed by atoms with Crippen LogP contribution in [0.3, 0.4) is 0 Å². The van der Waals surface area contributed by atoms with Gasteiger partial charge < -0.3 is 4.57 Å². The minimum Gasteiger partial charge on any atom is -0.309 e. The van der Waals surface area contributed by atoms with Gasteiger partial charge in [0.25, 0.3) is 0 Å². The van der Waals surface area contributed by atoms with E-state index in [1.54, 1.807) is 0 Å². The molecule has 2 aliphatic rings. The third-order valence-electron chi connectivity index (χ3n) is 11.6. The van der Waals surface area contributed by atoms with Gasteiger partial charge in [0.05, 0.1) is 16.4 Å². The summed E-state index contributed by atoms with van der Waals surface area (Å²) in [5, 5.41) is 2.50. The molecular formula is C51H35N5. The van der Waals surface area contributed by atoms with E-state index in [-0.39, 0.29) is 5.92 Å². The average molecular weight is 718 g/mol. The van der Waals surface area contributed by atoms with E-state index >= 15 is 0 Å². The van der Waals surface area contributed by atoms with Crippen LogP contribution >= 0.6 is 0 Å². The first-order valence-electron chi connectivity index (χ1n) is 19.2. The number of nitrogens with zero attached hydrogens (tertiary/aromatic N) is 5. The van der Waals surface area contributed by atoms with E-state index in [4.69, 9.17) is 15.0 Å². The van der Waals surface area contributed by atoms with Crippen LogP contribution in [0.2, 0.25) is 0 Å². The quantitative estimate of drug-likeness (QED) is 0.172. The average Bonchev–Trinajstić information content (AvgIpc) is 3.78. The maximum Gasteiger partial charge on any atom is 0.164 e. The smallest absolute Gasteiger partial charge is 0.164 e. The third kappa shape index (κ3) is 4.87. The predicted octanol–water partition coefficient (Wildman–Crippen LogP) is 11.8.